The van der Waals surface area contributed by atoms with Crippen LogP contribution in [0.5, 0.6) is 5.75 Å². The summed E-state index contributed by atoms with van der Waals surface area (Å²) in [5, 5.41) is 5.77. The number of carbonyl (C=O) groups is 2. The van der Waals surface area contributed by atoms with Crippen LogP contribution in [-0.4, -0.2) is 67.6 Å². The molecule has 0 bridgehead atoms. The normalized spacial score (nSPS) is 21.1. The van der Waals surface area contributed by atoms with E-state index in [1.165, 1.54) is 0 Å². The number of anilines is 1. The van der Waals surface area contributed by atoms with Crippen molar-refractivity contribution in [2.45, 2.75) is 25.3 Å². The lowest BCUT2D eigenvalue weighted by Crippen LogP contribution is -2.49. The fourth-order valence-electron chi connectivity index (χ4n) is 3.54. The molecule has 136 valence electrons. The van der Waals surface area contributed by atoms with Gasteiger partial charge < -0.3 is 25.2 Å². The molecule has 0 aliphatic carbocycles. The number of hydrogen-bond acceptors (Lipinski definition) is 4. The number of piperidine rings is 1. The highest BCUT2D eigenvalue weighted by Crippen LogP contribution is 2.23. The van der Waals surface area contributed by atoms with Crippen molar-refractivity contribution in [1.29, 1.82) is 0 Å². The smallest absolute Gasteiger partial charge is 0.317 e. The maximum Gasteiger partial charge on any atom is 0.317 e. The third-order valence-electron chi connectivity index (χ3n) is 4.85. The molecule has 2 N–H and O–H groups in total. The number of ether oxygens (including phenoxy) is 1. The number of hydrogen-bond donors (Lipinski definition) is 2. The predicted molar refractivity (Wildman–Crippen MR) is 95.8 cm³/mol. The van der Waals surface area contributed by atoms with Crippen LogP contribution in [0.25, 0.3) is 0 Å². The molecule has 1 aromatic carbocycles. The summed E-state index contributed by atoms with van der Waals surface area (Å²) in [5.74, 6) is 0.638. The van der Waals surface area contributed by atoms with E-state index in [1.807, 2.05) is 29.2 Å². The van der Waals surface area contributed by atoms with Crippen LogP contribution in [0.4, 0.5) is 10.5 Å². The van der Waals surface area contributed by atoms with Gasteiger partial charge in [0.2, 0.25) is 5.91 Å². The Kier molecular flexibility index (Phi) is 5.75. The Bertz CT molecular complexity index is 622. The first-order valence-electron chi connectivity index (χ1n) is 8.87. The summed E-state index contributed by atoms with van der Waals surface area (Å²) in [7, 11) is 1.59. The molecule has 0 aromatic heterocycles. The Morgan fingerprint density at radius 2 is 2.20 bits per heavy atom. The SMILES string of the molecule is COc1ccccc1NC(=O)CCN1CCC[C@@H](N2CCNC2=O)C1. The van der Waals surface area contributed by atoms with Gasteiger partial charge in [-0.25, -0.2) is 4.79 Å². The van der Waals surface area contributed by atoms with Crippen molar-refractivity contribution in [3.8, 4) is 5.75 Å². The van der Waals surface area contributed by atoms with Gasteiger partial charge in [-0.2, -0.15) is 0 Å². The second-order valence-corrected chi connectivity index (χ2v) is 6.52. The fraction of sp³-hybridized carbons (Fsp3) is 0.556. The third-order valence-corrected chi connectivity index (χ3v) is 4.85. The average molecular weight is 346 g/mol. The van der Waals surface area contributed by atoms with Crippen molar-refractivity contribution in [2.75, 3.05) is 45.2 Å². The first-order valence-corrected chi connectivity index (χ1v) is 8.87. The first kappa shape index (κ1) is 17.5. The highest BCUT2D eigenvalue weighted by Gasteiger charge is 2.31. The van der Waals surface area contributed by atoms with Crippen LogP contribution in [-0.2, 0) is 4.79 Å². The Morgan fingerprint density at radius 1 is 1.36 bits per heavy atom. The number of urea groups is 1. The number of nitrogens with zero attached hydrogens (tertiary/aromatic N) is 2. The first-order chi connectivity index (χ1) is 12.2. The molecule has 2 heterocycles. The van der Waals surface area contributed by atoms with Gasteiger partial charge in [-0.05, 0) is 31.5 Å². The zero-order valence-electron chi connectivity index (χ0n) is 14.7. The molecule has 0 unspecified atom stereocenters. The molecule has 3 amide bonds. The van der Waals surface area contributed by atoms with E-state index in [9.17, 15) is 9.59 Å². The molecule has 2 fully saturated rings. The standard InChI is InChI=1S/C18H26N4O3/c1-25-16-7-3-2-6-15(16)20-17(23)8-11-21-10-4-5-14(13-21)22-12-9-19-18(22)24/h2-3,6-7,14H,4-5,8-13H2,1H3,(H,19,24)(H,20,23)/t14-/m1/s1. The van der Waals surface area contributed by atoms with E-state index in [4.69, 9.17) is 4.74 Å². The van der Waals surface area contributed by atoms with E-state index in [0.717, 1.165) is 39.0 Å². The molecule has 0 spiro atoms. The van der Waals surface area contributed by atoms with Gasteiger partial charge >= 0.3 is 6.03 Å². The Morgan fingerprint density at radius 3 is 2.96 bits per heavy atom. The maximum atomic E-state index is 12.2. The van der Waals surface area contributed by atoms with Crippen molar-refractivity contribution in [3.63, 3.8) is 0 Å². The van der Waals surface area contributed by atoms with Gasteiger partial charge in [0.15, 0.2) is 0 Å². The van der Waals surface area contributed by atoms with Crippen LogP contribution in [0.1, 0.15) is 19.3 Å². The van der Waals surface area contributed by atoms with Crippen LogP contribution in [0.2, 0.25) is 0 Å². The summed E-state index contributed by atoms with van der Waals surface area (Å²) in [6, 6.07) is 7.70. The Hall–Kier alpha value is -2.28. The lowest BCUT2D eigenvalue weighted by atomic mass is 10.0. The van der Waals surface area contributed by atoms with Gasteiger partial charge in [-0.3, -0.25) is 4.79 Å². The third kappa shape index (κ3) is 4.42. The number of methoxy groups -OCH3 is 1. The quantitative estimate of drug-likeness (QED) is 0.819. The number of para-hydroxylation sites is 2. The summed E-state index contributed by atoms with van der Waals surface area (Å²) < 4.78 is 5.25. The van der Waals surface area contributed by atoms with Crippen LogP contribution < -0.4 is 15.4 Å². The van der Waals surface area contributed by atoms with E-state index in [1.54, 1.807) is 7.11 Å². The molecule has 7 nitrogen and oxygen atoms in total. The fourth-order valence-corrected chi connectivity index (χ4v) is 3.54. The number of nitrogens with one attached hydrogen (secondary N) is 2. The van der Waals surface area contributed by atoms with Gasteiger partial charge in [0, 0.05) is 38.6 Å². The minimum absolute atomic E-state index is 0.0226. The number of benzene rings is 1. The van der Waals surface area contributed by atoms with Gasteiger partial charge in [0.05, 0.1) is 12.8 Å². The summed E-state index contributed by atoms with van der Waals surface area (Å²) in [4.78, 5) is 28.3. The minimum atomic E-state index is -0.0226. The zero-order chi connectivity index (χ0) is 17.6. The minimum Gasteiger partial charge on any atom is -0.495 e. The number of rotatable bonds is 6. The van der Waals surface area contributed by atoms with Gasteiger partial charge in [0.25, 0.3) is 0 Å². The average Bonchev–Trinajstić information content (AvgIpc) is 3.07. The van der Waals surface area contributed by atoms with E-state index in [-0.39, 0.29) is 18.0 Å². The number of carbonyl (C=O) groups excluding carboxylic acids is 2. The van der Waals surface area contributed by atoms with Crippen LogP contribution in [0.15, 0.2) is 24.3 Å². The van der Waals surface area contributed by atoms with Crippen LogP contribution in [0, 0.1) is 0 Å². The highest BCUT2D eigenvalue weighted by atomic mass is 16.5. The second kappa shape index (κ2) is 8.20. The van der Waals surface area contributed by atoms with Crippen LogP contribution in [0.3, 0.4) is 0 Å². The largest absolute Gasteiger partial charge is 0.495 e. The van der Waals surface area contributed by atoms with E-state index < -0.39 is 0 Å². The van der Waals surface area contributed by atoms with Crippen molar-refractivity contribution < 1.29 is 14.3 Å². The topological polar surface area (TPSA) is 73.9 Å². The lowest BCUT2D eigenvalue weighted by molar-refractivity contribution is -0.116. The summed E-state index contributed by atoms with van der Waals surface area (Å²) in [6.07, 6.45) is 2.52. The molecule has 1 aromatic rings. The van der Waals surface area contributed by atoms with Crippen molar-refractivity contribution in [2.24, 2.45) is 0 Å². The molecule has 7 heteroatoms. The Balaban J connectivity index is 1.47. The van der Waals surface area contributed by atoms with Crippen molar-refractivity contribution >= 4 is 17.6 Å². The second-order valence-electron chi connectivity index (χ2n) is 6.52. The summed E-state index contributed by atoms with van der Waals surface area (Å²) in [6.45, 7) is 4.04. The van der Waals surface area contributed by atoms with Crippen LogP contribution >= 0.6 is 0 Å². The maximum absolute atomic E-state index is 12.2. The van der Waals surface area contributed by atoms with Crippen molar-refractivity contribution in [1.82, 2.24) is 15.1 Å². The lowest BCUT2D eigenvalue weighted by Gasteiger charge is -2.36. The monoisotopic (exact) mass is 346 g/mol. The van der Waals surface area contributed by atoms with Gasteiger partial charge in [-0.15, -0.1) is 0 Å². The summed E-state index contributed by atoms with van der Waals surface area (Å²) in [5.41, 5.74) is 0.695. The van der Waals surface area contributed by atoms with E-state index in [2.05, 4.69) is 15.5 Å². The van der Waals surface area contributed by atoms with Gasteiger partial charge in [0.1, 0.15) is 5.75 Å². The molecule has 2 aliphatic heterocycles. The molecular formula is C18H26N4O3. The predicted octanol–water partition coefficient (Wildman–Crippen LogP) is 1.51. The van der Waals surface area contributed by atoms with E-state index in [0.29, 0.717) is 24.4 Å². The molecule has 0 saturated carbocycles. The molecule has 25 heavy (non-hydrogen) atoms. The molecule has 3 rings (SSSR count). The van der Waals surface area contributed by atoms with Crippen molar-refractivity contribution in [3.05, 3.63) is 24.3 Å². The molecular weight excluding hydrogens is 320 g/mol. The number of likely N-dealkylation sites (tertiary alicyclic amines) is 1. The zero-order valence-corrected chi connectivity index (χ0v) is 14.7. The molecule has 2 saturated heterocycles. The van der Waals surface area contributed by atoms with Gasteiger partial charge in [-0.1, -0.05) is 12.1 Å². The van der Waals surface area contributed by atoms with E-state index >= 15 is 0 Å². The highest BCUT2D eigenvalue weighted by molar-refractivity contribution is 5.92. The molecule has 2 aliphatic rings. The molecule has 0 radical (unpaired) electrons. The molecule has 1 atom stereocenters. The number of amides is 3. The summed E-state index contributed by atoms with van der Waals surface area (Å²) >= 11 is 0. The Labute approximate surface area is 148 Å².